The van der Waals surface area contributed by atoms with E-state index in [-0.39, 0.29) is 11.5 Å². The van der Waals surface area contributed by atoms with Gasteiger partial charge in [-0.3, -0.25) is 9.98 Å². The molecule has 4 rings (SSSR count). The number of aromatic hydroxyl groups is 2. The number of aliphatic imine (C=N–C) groups is 2. The van der Waals surface area contributed by atoms with Gasteiger partial charge < -0.3 is 10.2 Å². The number of para-hydroxylation sites is 3. The van der Waals surface area contributed by atoms with Crippen LogP contribution < -0.4 is 0 Å². The molecule has 4 nitrogen and oxygen atoms in total. The second-order valence-corrected chi connectivity index (χ2v) is 6.28. The summed E-state index contributed by atoms with van der Waals surface area (Å²) in [4.78, 5) is 9.03. The van der Waals surface area contributed by atoms with Crippen molar-refractivity contribution < 1.29 is 10.2 Å². The van der Waals surface area contributed by atoms with Gasteiger partial charge in [0.15, 0.2) is 0 Å². The zero-order valence-corrected chi connectivity index (χ0v) is 15.0. The van der Waals surface area contributed by atoms with Crippen LogP contribution >= 0.6 is 0 Å². The quantitative estimate of drug-likeness (QED) is 0.452. The summed E-state index contributed by atoms with van der Waals surface area (Å²) < 4.78 is 0. The Morgan fingerprint density at radius 3 is 2.00 bits per heavy atom. The third-order valence-corrected chi connectivity index (χ3v) is 4.44. The molecule has 0 heterocycles. The summed E-state index contributed by atoms with van der Waals surface area (Å²) in [6.45, 7) is 0. The molecule has 0 amide bonds. The fourth-order valence-corrected chi connectivity index (χ4v) is 2.97. The van der Waals surface area contributed by atoms with E-state index in [1.165, 1.54) is 0 Å². The summed E-state index contributed by atoms with van der Waals surface area (Å²) >= 11 is 0. The second-order valence-electron chi connectivity index (χ2n) is 6.28. The molecule has 0 atom stereocenters. The molecule has 0 bridgehead atoms. The van der Waals surface area contributed by atoms with Crippen LogP contribution in [0.1, 0.15) is 11.1 Å². The molecule has 0 aliphatic heterocycles. The molecule has 4 aromatic rings. The van der Waals surface area contributed by atoms with Gasteiger partial charge in [-0.25, -0.2) is 0 Å². The Morgan fingerprint density at radius 2 is 1.21 bits per heavy atom. The van der Waals surface area contributed by atoms with Crippen molar-refractivity contribution in [2.24, 2.45) is 9.98 Å². The number of benzene rings is 4. The van der Waals surface area contributed by atoms with E-state index in [1.54, 1.807) is 36.7 Å². The fourth-order valence-electron chi connectivity index (χ4n) is 2.97. The number of hydrogen-bond acceptors (Lipinski definition) is 4. The standard InChI is InChI=1S/C24H18N2O2/c27-23-12-6-2-8-18(23)15-25-21-10-4-5-11-22(21)26-16-20-19-9-3-1-7-17(19)13-14-24(20)28/h1-16,27-28H. The van der Waals surface area contributed by atoms with E-state index in [9.17, 15) is 10.2 Å². The first-order valence-electron chi connectivity index (χ1n) is 8.88. The Hall–Kier alpha value is -3.92. The minimum absolute atomic E-state index is 0.174. The molecule has 4 heteroatoms. The maximum absolute atomic E-state index is 10.3. The number of hydrogen-bond donors (Lipinski definition) is 2. The van der Waals surface area contributed by atoms with Gasteiger partial charge in [-0.2, -0.15) is 0 Å². The van der Waals surface area contributed by atoms with Crippen LogP contribution in [0.5, 0.6) is 11.5 Å². The van der Waals surface area contributed by atoms with E-state index in [1.807, 2.05) is 60.7 Å². The molecular formula is C24H18N2O2. The monoisotopic (exact) mass is 366 g/mol. The van der Waals surface area contributed by atoms with Crippen LogP contribution in [0.15, 0.2) is 94.9 Å². The van der Waals surface area contributed by atoms with Gasteiger partial charge in [0.25, 0.3) is 0 Å². The minimum Gasteiger partial charge on any atom is -0.507 e. The van der Waals surface area contributed by atoms with Crippen LogP contribution in [0.2, 0.25) is 0 Å². The number of rotatable bonds is 4. The first-order valence-corrected chi connectivity index (χ1v) is 8.88. The predicted octanol–water partition coefficient (Wildman–Crippen LogP) is 5.75. The summed E-state index contributed by atoms with van der Waals surface area (Å²) in [5.74, 6) is 0.352. The van der Waals surface area contributed by atoms with E-state index < -0.39 is 0 Å². The van der Waals surface area contributed by atoms with Crippen molar-refractivity contribution in [3.63, 3.8) is 0 Å². The van der Waals surface area contributed by atoms with Crippen LogP contribution in [-0.2, 0) is 0 Å². The van der Waals surface area contributed by atoms with Crippen molar-refractivity contribution in [3.05, 3.63) is 96.1 Å². The van der Waals surface area contributed by atoms with Gasteiger partial charge in [0.1, 0.15) is 11.5 Å². The molecule has 0 aliphatic rings. The molecule has 0 fully saturated rings. The van der Waals surface area contributed by atoms with Gasteiger partial charge in [-0.15, -0.1) is 0 Å². The third kappa shape index (κ3) is 3.62. The normalized spacial score (nSPS) is 11.6. The molecule has 136 valence electrons. The van der Waals surface area contributed by atoms with E-state index in [2.05, 4.69) is 9.98 Å². The van der Waals surface area contributed by atoms with E-state index in [0.717, 1.165) is 10.8 Å². The van der Waals surface area contributed by atoms with Crippen molar-refractivity contribution in [3.8, 4) is 11.5 Å². The van der Waals surface area contributed by atoms with Crippen molar-refractivity contribution >= 4 is 34.6 Å². The first-order chi connectivity index (χ1) is 13.7. The van der Waals surface area contributed by atoms with Crippen molar-refractivity contribution in [1.29, 1.82) is 0 Å². The molecule has 2 N–H and O–H groups in total. The number of fused-ring (bicyclic) bond motifs is 1. The largest absolute Gasteiger partial charge is 0.507 e. The smallest absolute Gasteiger partial charge is 0.124 e. The van der Waals surface area contributed by atoms with E-state index in [0.29, 0.717) is 22.5 Å². The highest BCUT2D eigenvalue weighted by Gasteiger charge is 2.05. The SMILES string of the molecule is Oc1ccccc1C=Nc1ccccc1N=Cc1c(O)ccc2ccccc12. The molecule has 28 heavy (non-hydrogen) atoms. The Kier molecular flexibility index (Phi) is 4.85. The Bertz CT molecular complexity index is 1200. The van der Waals surface area contributed by atoms with Gasteiger partial charge in [0.2, 0.25) is 0 Å². The zero-order valence-electron chi connectivity index (χ0n) is 15.0. The highest BCUT2D eigenvalue weighted by molar-refractivity contribution is 6.03. The number of nitrogens with zero attached hydrogens (tertiary/aromatic N) is 2. The van der Waals surface area contributed by atoms with Crippen molar-refractivity contribution in [2.45, 2.75) is 0 Å². The summed E-state index contributed by atoms with van der Waals surface area (Å²) in [6.07, 6.45) is 3.27. The molecule has 0 saturated heterocycles. The summed E-state index contributed by atoms with van der Waals surface area (Å²) in [7, 11) is 0. The topological polar surface area (TPSA) is 65.2 Å². The van der Waals surface area contributed by atoms with E-state index in [4.69, 9.17) is 0 Å². The number of phenols is 2. The lowest BCUT2D eigenvalue weighted by atomic mass is 10.0. The molecule has 0 aromatic heterocycles. The molecule has 4 aromatic carbocycles. The molecule has 0 spiro atoms. The zero-order chi connectivity index (χ0) is 19.3. The maximum Gasteiger partial charge on any atom is 0.124 e. The van der Waals surface area contributed by atoms with Crippen LogP contribution in [0.3, 0.4) is 0 Å². The van der Waals surface area contributed by atoms with Crippen LogP contribution in [-0.4, -0.2) is 22.6 Å². The van der Waals surface area contributed by atoms with Crippen molar-refractivity contribution in [1.82, 2.24) is 0 Å². The second kappa shape index (κ2) is 7.76. The molecule has 0 radical (unpaired) electrons. The molecule has 0 aliphatic carbocycles. The highest BCUT2D eigenvalue weighted by Crippen LogP contribution is 2.30. The summed E-state index contributed by atoms with van der Waals surface area (Å²) in [5, 5.41) is 22.1. The van der Waals surface area contributed by atoms with Crippen LogP contribution in [0, 0.1) is 0 Å². The number of phenolic OH excluding ortho intramolecular Hbond substituents is 2. The van der Waals surface area contributed by atoms with E-state index >= 15 is 0 Å². The average molecular weight is 366 g/mol. The molecule has 0 unspecified atom stereocenters. The van der Waals surface area contributed by atoms with Gasteiger partial charge in [0.05, 0.1) is 11.4 Å². The summed E-state index contributed by atoms with van der Waals surface area (Å²) in [6, 6.07) is 25.9. The lowest BCUT2D eigenvalue weighted by Crippen LogP contribution is -1.86. The Balaban J connectivity index is 1.71. The lowest BCUT2D eigenvalue weighted by Gasteiger charge is -2.05. The average Bonchev–Trinajstić information content (AvgIpc) is 2.73. The summed E-state index contributed by atoms with van der Waals surface area (Å²) in [5.41, 5.74) is 2.63. The van der Waals surface area contributed by atoms with Crippen LogP contribution in [0.25, 0.3) is 10.8 Å². The third-order valence-electron chi connectivity index (χ3n) is 4.44. The van der Waals surface area contributed by atoms with Crippen molar-refractivity contribution in [2.75, 3.05) is 0 Å². The van der Waals surface area contributed by atoms with Gasteiger partial charge >= 0.3 is 0 Å². The van der Waals surface area contributed by atoms with Gasteiger partial charge in [-0.05, 0) is 41.1 Å². The highest BCUT2D eigenvalue weighted by atomic mass is 16.3. The first kappa shape index (κ1) is 17.5. The van der Waals surface area contributed by atoms with Crippen LogP contribution in [0.4, 0.5) is 11.4 Å². The molecular weight excluding hydrogens is 348 g/mol. The fraction of sp³-hybridized carbons (Fsp3) is 0. The Labute approximate surface area is 162 Å². The van der Waals surface area contributed by atoms with Gasteiger partial charge in [-0.1, -0.05) is 54.6 Å². The molecule has 0 saturated carbocycles. The van der Waals surface area contributed by atoms with Gasteiger partial charge in [0, 0.05) is 23.6 Å². The minimum atomic E-state index is 0.174. The predicted molar refractivity (Wildman–Crippen MR) is 115 cm³/mol. The lowest BCUT2D eigenvalue weighted by molar-refractivity contribution is 0.474. The maximum atomic E-state index is 10.3. The Morgan fingerprint density at radius 1 is 0.571 bits per heavy atom.